The number of carbonyl (C=O) groups excluding carboxylic acids is 1. The molecule has 0 heterocycles. The third kappa shape index (κ3) is 3.56. The molecule has 0 atom stereocenters. The van der Waals surface area contributed by atoms with Crippen molar-refractivity contribution in [3.8, 4) is 0 Å². The fourth-order valence-electron chi connectivity index (χ4n) is 0.523. The lowest BCUT2D eigenvalue weighted by Crippen LogP contribution is -2.19. The van der Waals surface area contributed by atoms with Crippen molar-refractivity contribution in [2.75, 3.05) is 6.54 Å². The highest BCUT2D eigenvalue weighted by atomic mass is 32.1. The molecule has 0 aromatic rings. The van der Waals surface area contributed by atoms with E-state index in [0.29, 0.717) is 6.54 Å². The molecule has 1 amide bonds. The number of carbonyl (C=O) groups is 1. The number of hydrogen-bond acceptors (Lipinski definition) is 2. The summed E-state index contributed by atoms with van der Waals surface area (Å²) in [6, 6.07) is 0. The van der Waals surface area contributed by atoms with E-state index in [0.717, 1.165) is 12.8 Å². The van der Waals surface area contributed by atoms with Gasteiger partial charge in [0.1, 0.15) is 0 Å². The normalized spacial score (nSPS) is 9.00. The van der Waals surface area contributed by atoms with Gasteiger partial charge in [-0.25, -0.2) is 0 Å². The number of thiol groups is 1. The molecule has 2 nitrogen and oxygen atoms in total. The summed E-state index contributed by atoms with van der Waals surface area (Å²) in [5, 5.41) is 0. The van der Waals surface area contributed by atoms with Crippen LogP contribution in [0.25, 0.3) is 0 Å². The number of hydrogen-bond donors (Lipinski definition) is 1. The molecular weight excluding hydrogens is 146 g/mol. The Labute approximate surface area is 67.5 Å². The SMILES string of the molecule is C=CC(=O)N(S)CCCC. The number of unbranched alkanes of at least 4 members (excludes halogenated alkanes) is 1. The van der Waals surface area contributed by atoms with E-state index >= 15 is 0 Å². The van der Waals surface area contributed by atoms with Crippen LogP contribution in [0.5, 0.6) is 0 Å². The van der Waals surface area contributed by atoms with Gasteiger partial charge in [0.25, 0.3) is 5.91 Å². The molecule has 0 aliphatic heterocycles. The molecule has 0 aromatic heterocycles. The Kier molecular flexibility index (Phi) is 5.12. The third-order valence-electron chi connectivity index (χ3n) is 1.15. The van der Waals surface area contributed by atoms with Crippen LogP contribution in [-0.4, -0.2) is 16.8 Å². The smallest absolute Gasteiger partial charge is 0.255 e. The molecular formula is C7H13NOS. The van der Waals surface area contributed by atoms with Crippen LogP contribution < -0.4 is 0 Å². The van der Waals surface area contributed by atoms with E-state index in [9.17, 15) is 4.79 Å². The van der Waals surface area contributed by atoms with Gasteiger partial charge in [0.2, 0.25) is 0 Å². The standard InChI is InChI=1S/C7H13NOS/c1-3-5-6-8(10)7(9)4-2/h4,10H,2-3,5-6H2,1H3. The van der Waals surface area contributed by atoms with Crippen LogP contribution in [0.4, 0.5) is 0 Å². The summed E-state index contributed by atoms with van der Waals surface area (Å²) in [6.45, 7) is 6.12. The first kappa shape index (κ1) is 9.56. The van der Waals surface area contributed by atoms with Crippen LogP contribution >= 0.6 is 12.8 Å². The predicted molar refractivity (Wildman–Crippen MR) is 45.8 cm³/mol. The molecule has 10 heavy (non-hydrogen) atoms. The van der Waals surface area contributed by atoms with Crippen LogP contribution in [0.1, 0.15) is 19.8 Å². The minimum atomic E-state index is -0.128. The number of rotatable bonds is 4. The van der Waals surface area contributed by atoms with Crippen LogP contribution in [0.3, 0.4) is 0 Å². The zero-order valence-electron chi connectivity index (χ0n) is 6.21. The Morgan fingerprint density at radius 1 is 1.80 bits per heavy atom. The number of amides is 1. The van der Waals surface area contributed by atoms with Gasteiger partial charge in [-0.1, -0.05) is 32.7 Å². The van der Waals surface area contributed by atoms with Crippen molar-refractivity contribution in [2.45, 2.75) is 19.8 Å². The van der Waals surface area contributed by atoms with Crippen molar-refractivity contribution >= 4 is 18.7 Å². The highest BCUT2D eigenvalue weighted by Crippen LogP contribution is 1.98. The molecule has 0 aliphatic carbocycles. The summed E-state index contributed by atoms with van der Waals surface area (Å²) in [4.78, 5) is 10.7. The Morgan fingerprint density at radius 2 is 2.40 bits per heavy atom. The molecule has 58 valence electrons. The van der Waals surface area contributed by atoms with Crippen molar-refractivity contribution in [3.63, 3.8) is 0 Å². The molecule has 0 rings (SSSR count). The minimum absolute atomic E-state index is 0.128. The first-order chi connectivity index (χ1) is 4.72. The summed E-state index contributed by atoms with van der Waals surface area (Å²) in [7, 11) is 0. The van der Waals surface area contributed by atoms with Crippen molar-refractivity contribution in [2.24, 2.45) is 0 Å². The molecule has 0 unspecified atom stereocenters. The summed E-state index contributed by atoms with van der Waals surface area (Å²) >= 11 is 3.95. The zero-order valence-corrected chi connectivity index (χ0v) is 7.10. The molecule has 0 fully saturated rings. The van der Waals surface area contributed by atoms with Crippen molar-refractivity contribution in [1.29, 1.82) is 0 Å². The van der Waals surface area contributed by atoms with Gasteiger partial charge in [0.05, 0.1) is 0 Å². The van der Waals surface area contributed by atoms with Crippen molar-refractivity contribution in [3.05, 3.63) is 12.7 Å². The van der Waals surface area contributed by atoms with Gasteiger partial charge in [0, 0.05) is 6.54 Å². The monoisotopic (exact) mass is 159 g/mol. The number of nitrogens with zero attached hydrogens (tertiary/aromatic N) is 1. The van der Waals surface area contributed by atoms with Crippen LogP contribution in [0.2, 0.25) is 0 Å². The van der Waals surface area contributed by atoms with E-state index in [1.165, 1.54) is 10.4 Å². The third-order valence-corrected chi connectivity index (χ3v) is 1.55. The van der Waals surface area contributed by atoms with Gasteiger partial charge in [-0.15, -0.1) is 0 Å². The van der Waals surface area contributed by atoms with Gasteiger partial charge < -0.3 is 0 Å². The fraction of sp³-hybridized carbons (Fsp3) is 0.571. The van der Waals surface area contributed by atoms with Crippen LogP contribution in [-0.2, 0) is 4.79 Å². The molecule has 0 saturated heterocycles. The molecule has 0 N–H and O–H groups in total. The summed E-state index contributed by atoms with van der Waals surface area (Å²) < 4.78 is 1.37. The average Bonchev–Trinajstić information content (AvgIpc) is 1.98. The Bertz CT molecular complexity index is 125. The van der Waals surface area contributed by atoms with Crippen molar-refractivity contribution in [1.82, 2.24) is 4.31 Å². The highest BCUT2D eigenvalue weighted by Gasteiger charge is 2.02. The molecule has 0 spiro atoms. The maximum Gasteiger partial charge on any atom is 0.255 e. The molecule has 0 radical (unpaired) electrons. The highest BCUT2D eigenvalue weighted by molar-refractivity contribution is 7.78. The predicted octanol–water partition coefficient (Wildman–Crippen LogP) is 1.65. The van der Waals surface area contributed by atoms with Gasteiger partial charge in [-0.3, -0.25) is 9.10 Å². The average molecular weight is 159 g/mol. The van der Waals surface area contributed by atoms with Gasteiger partial charge >= 0.3 is 0 Å². The van der Waals surface area contributed by atoms with Gasteiger partial charge in [-0.2, -0.15) is 0 Å². The van der Waals surface area contributed by atoms with Crippen LogP contribution in [0.15, 0.2) is 12.7 Å². The van der Waals surface area contributed by atoms with E-state index in [-0.39, 0.29) is 5.91 Å². The minimum Gasteiger partial charge on any atom is -0.286 e. The summed E-state index contributed by atoms with van der Waals surface area (Å²) in [6.07, 6.45) is 3.33. The lowest BCUT2D eigenvalue weighted by atomic mass is 10.3. The first-order valence-electron chi connectivity index (χ1n) is 3.35. The van der Waals surface area contributed by atoms with Crippen LogP contribution in [0, 0.1) is 0 Å². The Balaban J connectivity index is 3.51. The summed E-state index contributed by atoms with van der Waals surface area (Å²) in [5.41, 5.74) is 0. The van der Waals surface area contributed by atoms with E-state index in [4.69, 9.17) is 0 Å². The van der Waals surface area contributed by atoms with E-state index in [1.807, 2.05) is 0 Å². The maximum absolute atomic E-state index is 10.7. The topological polar surface area (TPSA) is 20.3 Å². The molecule has 0 saturated carbocycles. The van der Waals surface area contributed by atoms with Crippen molar-refractivity contribution < 1.29 is 4.79 Å². The zero-order chi connectivity index (χ0) is 7.98. The second-order valence-electron chi connectivity index (χ2n) is 2.02. The first-order valence-corrected chi connectivity index (χ1v) is 3.75. The second kappa shape index (κ2) is 5.35. The lowest BCUT2D eigenvalue weighted by molar-refractivity contribution is -0.121. The molecule has 0 bridgehead atoms. The maximum atomic E-state index is 10.7. The fourth-order valence-corrected chi connectivity index (χ4v) is 0.747. The lowest BCUT2D eigenvalue weighted by Gasteiger charge is -2.11. The molecule has 3 heteroatoms. The van der Waals surface area contributed by atoms with Gasteiger partial charge in [0.15, 0.2) is 0 Å². The molecule has 0 aromatic carbocycles. The Hall–Kier alpha value is -0.440. The van der Waals surface area contributed by atoms with Gasteiger partial charge in [-0.05, 0) is 12.5 Å². The van der Waals surface area contributed by atoms with E-state index < -0.39 is 0 Å². The second-order valence-corrected chi connectivity index (χ2v) is 2.50. The summed E-state index contributed by atoms with van der Waals surface area (Å²) in [5.74, 6) is -0.128. The van der Waals surface area contributed by atoms with E-state index in [2.05, 4.69) is 26.3 Å². The molecule has 0 aliphatic rings. The van der Waals surface area contributed by atoms with E-state index in [1.54, 1.807) is 0 Å². The largest absolute Gasteiger partial charge is 0.286 e. The quantitative estimate of drug-likeness (QED) is 0.488. The Morgan fingerprint density at radius 3 is 2.80 bits per heavy atom.